The van der Waals surface area contributed by atoms with Crippen LogP contribution in [0.1, 0.15) is 62.1 Å². The monoisotopic (exact) mass is 392 g/mol. The number of carbonyl (C=O) groups is 1. The highest BCUT2D eigenvalue weighted by atomic mass is 16.5. The van der Waals surface area contributed by atoms with Crippen LogP contribution in [0.4, 0.5) is 0 Å². The second-order valence-electron chi connectivity index (χ2n) is 8.64. The van der Waals surface area contributed by atoms with Crippen LogP contribution in [-0.4, -0.2) is 36.5 Å². The number of piperidine rings is 1. The number of hydrogen-bond acceptors (Lipinski definition) is 3. The van der Waals surface area contributed by atoms with E-state index in [1.54, 1.807) is 0 Å². The fraction of sp³-hybridized carbons (Fsp3) is 0.480. The fourth-order valence-corrected chi connectivity index (χ4v) is 4.77. The van der Waals surface area contributed by atoms with Crippen molar-refractivity contribution in [2.75, 3.05) is 20.1 Å². The minimum Gasteiger partial charge on any atom is -0.487 e. The van der Waals surface area contributed by atoms with Gasteiger partial charge in [0.15, 0.2) is 0 Å². The zero-order chi connectivity index (χ0) is 20.3. The molecule has 0 bridgehead atoms. The van der Waals surface area contributed by atoms with Gasteiger partial charge in [-0.2, -0.15) is 0 Å². The van der Waals surface area contributed by atoms with Gasteiger partial charge in [-0.1, -0.05) is 61.9 Å². The molecule has 2 aromatic rings. The lowest BCUT2D eigenvalue weighted by atomic mass is 9.80. The Kier molecular flexibility index (Phi) is 5.91. The number of nitrogens with zero attached hydrogens (tertiary/aromatic N) is 1. The Morgan fingerprint density at radius 2 is 1.83 bits per heavy atom. The van der Waals surface area contributed by atoms with E-state index in [9.17, 15) is 4.79 Å². The first kappa shape index (κ1) is 20.0. The molecule has 4 nitrogen and oxygen atoms in total. The Labute approximate surface area is 174 Å². The smallest absolute Gasteiger partial charge is 0.228 e. The van der Waals surface area contributed by atoms with E-state index in [1.165, 1.54) is 0 Å². The number of carbonyl (C=O) groups excluding carboxylic acids is 1. The van der Waals surface area contributed by atoms with Crippen LogP contribution in [0.25, 0.3) is 0 Å². The Bertz CT molecular complexity index is 828. The average Bonchev–Trinajstić information content (AvgIpc) is 2.75. The summed E-state index contributed by atoms with van der Waals surface area (Å²) < 4.78 is 6.54. The number of hydrogen-bond donors (Lipinski definition) is 1. The van der Waals surface area contributed by atoms with Crippen LogP contribution < -0.4 is 10.1 Å². The molecule has 2 heterocycles. The van der Waals surface area contributed by atoms with Gasteiger partial charge in [-0.25, -0.2) is 0 Å². The average molecular weight is 393 g/mol. The second-order valence-corrected chi connectivity index (χ2v) is 8.64. The number of likely N-dealkylation sites (tertiary alicyclic amines) is 1. The summed E-state index contributed by atoms with van der Waals surface area (Å²) in [6.07, 6.45) is 4.68. The Morgan fingerprint density at radius 3 is 2.55 bits per heavy atom. The molecule has 4 rings (SSSR count). The Balaban J connectivity index is 1.58. The molecule has 0 aromatic heterocycles. The van der Waals surface area contributed by atoms with Gasteiger partial charge in [0.05, 0.1) is 12.0 Å². The summed E-state index contributed by atoms with van der Waals surface area (Å²) in [5.41, 5.74) is 2.03. The van der Waals surface area contributed by atoms with Crippen molar-refractivity contribution in [3.05, 3.63) is 65.7 Å². The first-order chi connectivity index (χ1) is 14.1. The van der Waals surface area contributed by atoms with E-state index in [4.69, 9.17) is 4.74 Å². The quantitative estimate of drug-likeness (QED) is 0.804. The van der Waals surface area contributed by atoms with E-state index in [0.29, 0.717) is 0 Å². The van der Waals surface area contributed by atoms with Crippen molar-refractivity contribution in [1.82, 2.24) is 10.2 Å². The predicted molar refractivity (Wildman–Crippen MR) is 116 cm³/mol. The highest BCUT2D eigenvalue weighted by Gasteiger charge is 2.43. The van der Waals surface area contributed by atoms with Gasteiger partial charge in [-0.05, 0) is 37.9 Å². The molecule has 0 saturated carbocycles. The lowest BCUT2D eigenvalue weighted by molar-refractivity contribution is -0.124. The summed E-state index contributed by atoms with van der Waals surface area (Å²) in [6.45, 7) is 4.21. The lowest BCUT2D eigenvalue weighted by Gasteiger charge is -2.46. The third-order valence-electron chi connectivity index (χ3n) is 6.51. The molecule has 1 amide bonds. The summed E-state index contributed by atoms with van der Waals surface area (Å²) in [7, 11) is 2.16. The molecule has 4 heteroatoms. The molecule has 0 radical (unpaired) electrons. The Morgan fingerprint density at radius 1 is 1.14 bits per heavy atom. The third kappa shape index (κ3) is 4.32. The van der Waals surface area contributed by atoms with Crippen molar-refractivity contribution < 1.29 is 9.53 Å². The van der Waals surface area contributed by atoms with Gasteiger partial charge in [-0.3, -0.25) is 4.79 Å². The van der Waals surface area contributed by atoms with Crippen LogP contribution >= 0.6 is 0 Å². The number of amides is 1. The SMILES string of the molecule is CCC[C@@H](C(=O)N[C@H]1CC2(CCN(C)CC2)Oc2ccccc21)c1ccccc1. The maximum absolute atomic E-state index is 13.4. The number of benzene rings is 2. The van der Waals surface area contributed by atoms with Crippen LogP contribution in [-0.2, 0) is 4.79 Å². The minimum atomic E-state index is -0.175. The molecule has 0 aliphatic carbocycles. The maximum atomic E-state index is 13.4. The zero-order valence-corrected chi connectivity index (χ0v) is 17.6. The molecule has 1 N–H and O–H groups in total. The van der Waals surface area contributed by atoms with Crippen molar-refractivity contribution in [2.45, 2.75) is 56.6 Å². The van der Waals surface area contributed by atoms with Crippen LogP contribution in [0.2, 0.25) is 0 Å². The molecular weight excluding hydrogens is 360 g/mol. The summed E-state index contributed by atoms with van der Waals surface area (Å²) in [5, 5.41) is 3.41. The van der Waals surface area contributed by atoms with Gasteiger partial charge in [0.1, 0.15) is 11.4 Å². The zero-order valence-electron chi connectivity index (χ0n) is 17.6. The summed E-state index contributed by atoms with van der Waals surface area (Å²) >= 11 is 0. The first-order valence-corrected chi connectivity index (χ1v) is 10.9. The maximum Gasteiger partial charge on any atom is 0.228 e. The fourth-order valence-electron chi connectivity index (χ4n) is 4.77. The predicted octanol–water partition coefficient (Wildman–Crippen LogP) is 4.67. The van der Waals surface area contributed by atoms with Crippen LogP contribution in [0.15, 0.2) is 54.6 Å². The van der Waals surface area contributed by atoms with E-state index < -0.39 is 0 Å². The van der Waals surface area contributed by atoms with Gasteiger partial charge in [0, 0.05) is 25.1 Å². The summed E-state index contributed by atoms with van der Waals surface area (Å²) in [4.78, 5) is 15.7. The minimum absolute atomic E-state index is 0.000996. The van der Waals surface area contributed by atoms with E-state index in [1.807, 2.05) is 30.3 Å². The lowest BCUT2D eigenvalue weighted by Crippen LogP contribution is -2.51. The van der Waals surface area contributed by atoms with Gasteiger partial charge in [0.2, 0.25) is 5.91 Å². The molecule has 2 aliphatic rings. The molecule has 1 spiro atoms. The van der Waals surface area contributed by atoms with E-state index in [-0.39, 0.29) is 23.5 Å². The van der Waals surface area contributed by atoms with Crippen molar-refractivity contribution in [2.24, 2.45) is 0 Å². The van der Waals surface area contributed by atoms with Gasteiger partial charge >= 0.3 is 0 Å². The van der Waals surface area contributed by atoms with Gasteiger partial charge in [0.25, 0.3) is 0 Å². The molecule has 154 valence electrons. The van der Waals surface area contributed by atoms with Crippen molar-refractivity contribution in [3.8, 4) is 5.75 Å². The molecule has 2 atom stereocenters. The van der Waals surface area contributed by atoms with Crippen molar-refractivity contribution >= 4 is 5.91 Å². The first-order valence-electron chi connectivity index (χ1n) is 10.9. The molecular formula is C25H32N2O2. The number of nitrogens with one attached hydrogen (secondary N) is 1. The molecule has 1 saturated heterocycles. The van der Waals surface area contributed by atoms with Crippen molar-refractivity contribution in [3.63, 3.8) is 0 Å². The highest BCUT2D eigenvalue weighted by Crippen LogP contribution is 2.44. The van der Waals surface area contributed by atoms with Crippen LogP contribution in [0.3, 0.4) is 0 Å². The molecule has 1 fully saturated rings. The summed E-state index contributed by atoms with van der Waals surface area (Å²) in [5.74, 6) is 0.952. The van der Waals surface area contributed by atoms with Gasteiger partial charge in [-0.15, -0.1) is 0 Å². The standard InChI is InChI=1S/C25H32N2O2/c1-3-9-20(19-10-5-4-6-11-19)24(28)26-22-18-25(14-16-27(2)17-15-25)29-23-13-8-7-12-21(22)23/h4-8,10-13,20,22H,3,9,14-18H2,1-2H3,(H,26,28)/t20-,22+/m1/s1. The molecule has 0 unspecified atom stereocenters. The summed E-state index contributed by atoms with van der Waals surface area (Å²) in [6, 6.07) is 18.4. The number of rotatable bonds is 5. The largest absolute Gasteiger partial charge is 0.487 e. The number of para-hydroxylation sites is 1. The van der Waals surface area contributed by atoms with Crippen LogP contribution in [0.5, 0.6) is 5.75 Å². The third-order valence-corrected chi connectivity index (χ3v) is 6.51. The topological polar surface area (TPSA) is 41.6 Å². The van der Waals surface area contributed by atoms with Crippen molar-refractivity contribution in [1.29, 1.82) is 0 Å². The number of fused-ring (bicyclic) bond motifs is 1. The normalized spacial score (nSPS) is 21.8. The second kappa shape index (κ2) is 8.58. The Hall–Kier alpha value is -2.33. The highest BCUT2D eigenvalue weighted by molar-refractivity contribution is 5.84. The van der Waals surface area contributed by atoms with E-state index in [2.05, 4.69) is 48.5 Å². The van der Waals surface area contributed by atoms with Crippen LogP contribution in [0, 0.1) is 0 Å². The van der Waals surface area contributed by atoms with Gasteiger partial charge < -0.3 is 15.0 Å². The van der Waals surface area contributed by atoms with E-state index in [0.717, 1.165) is 62.1 Å². The molecule has 2 aliphatic heterocycles. The number of ether oxygens (including phenoxy) is 1. The van der Waals surface area contributed by atoms with E-state index >= 15 is 0 Å². The molecule has 29 heavy (non-hydrogen) atoms. The molecule has 2 aromatic carbocycles.